The second kappa shape index (κ2) is 9.91. The van der Waals surface area contributed by atoms with Crippen LogP contribution in [0.2, 0.25) is 0 Å². The number of nitrogens with zero attached hydrogens (tertiary/aromatic N) is 1. The number of hydrogen-bond acceptors (Lipinski definition) is 5. The smallest absolute Gasteiger partial charge is 0.306 e. The second-order valence-electron chi connectivity index (χ2n) is 6.94. The van der Waals surface area contributed by atoms with Crippen molar-refractivity contribution in [3.8, 4) is 5.75 Å². The first-order valence-corrected chi connectivity index (χ1v) is 12.8. The van der Waals surface area contributed by atoms with E-state index in [0.29, 0.717) is 5.56 Å². The molecule has 0 amide bonds. The van der Waals surface area contributed by atoms with E-state index in [1.807, 2.05) is 60.7 Å². The van der Waals surface area contributed by atoms with Crippen LogP contribution in [0.15, 0.2) is 90.3 Å². The minimum atomic E-state index is -3.73. The number of rotatable bonds is 9. The highest BCUT2D eigenvalue weighted by atomic mass is 32.2. The van der Waals surface area contributed by atoms with Crippen LogP contribution >= 0.6 is 0 Å². The predicted molar refractivity (Wildman–Crippen MR) is 122 cm³/mol. The van der Waals surface area contributed by atoms with Crippen molar-refractivity contribution in [1.82, 2.24) is 4.31 Å². The van der Waals surface area contributed by atoms with Gasteiger partial charge in [-0.3, -0.25) is 0 Å². The van der Waals surface area contributed by atoms with Gasteiger partial charge in [0.2, 0.25) is 10.0 Å². The van der Waals surface area contributed by atoms with Crippen molar-refractivity contribution in [2.45, 2.75) is 13.1 Å². The molecule has 0 aliphatic rings. The second-order valence-corrected chi connectivity index (χ2v) is 10.3. The van der Waals surface area contributed by atoms with E-state index in [1.165, 1.54) is 21.8 Å². The van der Waals surface area contributed by atoms with Crippen LogP contribution in [-0.2, 0) is 33.2 Å². The standard InChI is InChI=1S/C23H23NO5S2/c1-30(25,26)29-23-14-12-22(13-15-23)19-24(18-21-10-6-3-7-11-21)31(27,28)17-16-20-8-4-2-5-9-20/h2-17H,18-19H2,1H3. The normalized spacial score (nSPS) is 12.3. The fourth-order valence-corrected chi connectivity index (χ4v) is 4.49. The zero-order valence-corrected chi connectivity index (χ0v) is 18.6. The van der Waals surface area contributed by atoms with E-state index in [0.717, 1.165) is 17.4 Å². The molecule has 162 valence electrons. The molecule has 3 aromatic rings. The van der Waals surface area contributed by atoms with E-state index in [1.54, 1.807) is 18.2 Å². The molecule has 0 unspecified atom stereocenters. The molecule has 0 aliphatic heterocycles. The van der Waals surface area contributed by atoms with Crippen LogP contribution in [0.25, 0.3) is 6.08 Å². The largest absolute Gasteiger partial charge is 0.383 e. The average Bonchev–Trinajstić information content (AvgIpc) is 2.74. The molecule has 0 fully saturated rings. The molecule has 0 aromatic heterocycles. The maximum atomic E-state index is 13.1. The van der Waals surface area contributed by atoms with Gasteiger partial charge < -0.3 is 4.18 Å². The molecule has 0 N–H and O–H groups in total. The first-order chi connectivity index (χ1) is 14.7. The van der Waals surface area contributed by atoms with E-state index < -0.39 is 20.1 Å². The zero-order chi connectivity index (χ0) is 22.3. The summed E-state index contributed by atoms with van der Waals surface area (Å²) >= 11 is 0. The lowest BCUT2D eigenvalue weighted by atomic mass is 10.2. The van der Waals surface area contributed by atoms with Gasteiger partial charge >= 0.3 is 10.1 Å². The van der Waals surface area contributed by atoms with Gasteiger partial charge in [-0.15, -0.1) is 0 Å². The van der Waals surface area contributed by atoms with Crippen molar-refractivity contribution in [1.29, 1.82) is 0 Å². The first-order valence-electron chi connectivity index (χ1n) is 9.47. The molecule has 3 aromatic carbocycles. The third-order valence-electron chi connectivity index (χ3n) is 4.32. The maximum absolute atomic E-state index is 13.1. The van der Waals surface area contributed by atoms with Gasteiger partial charge in [-0.25, -0.2) is 8.42 Å². The highest BCUT2D eigenvalue weighted by Gasteiger charge is 2.20. The molecule has 0 aliphatic carbocycles. The van der Waals surface area contributed by atoms with Gasteiger partial charge in [-0.1, -0.05) is 72.8 Å². The topological polar surface area (TPSA) is 80.8 Å². The number of sulfonamides is 1. The van der Waals surface area contributed by atoms with E-state index in [2.05, 4.69) is 0 Å². The van der Waals surface area contributed by atoms with Gasteiger partial charge in [0, 0.05) is 18.5 Å². The van der Waals surface area contributed by atoms with E-state index in [-0.39, 0.29) is 18.8 Å². The first kappa shape index (κ1) is 22.7. The number of hydrogen-bond donors (Lipinski definition) is 0. The van der Waals surface area contributed by atoms with Crippen LogP contribution < -0.4 is 4.18 Å². The molecule has 0 radical (unpaired) electrons. The molecule has 0 heterocycles. The Hall–Kier alpha value is -2.94. The van der Waals surface area contributed by atoms with Crippen molar-refractivity contribution in [3.05, 3.63) is 107 Å². The van der Waals surface area contributed by atoms with E-state index >= 15 is 0 Å². The summed E-state index contributed by atoms with van der Waals surface area (Å²) in [6.07, 6.45) is 2.53. The molecule has 0 saturated heterocycles. The monoisotopic (exact) mass is 457 g/mol. The minimum Gasteiger partial charge on any atom is -0.383 e. The van der Waals surface area contributed by atoms with Gasteiger partial charge in [0.1, 0.15) is 5.75 Å². The Balaban J connectivity index is 1.85. The van der Waals surface area contributed by atoms with Crippen LogP contribution in [-0.4, -0.2) is 27.4 Å². The van der Waals surface area contributed by atoms with Crippen molar-refractivity contribution in [2.24, 2.45) is 0 Å². The molecule has 0 atom stereocenters. The predicted octanol–water partition coefficient (Wildman–Crippen LogP) is 4.03. The number of benzene rings is 3. The van der Waals surface area contributed by atoms with Crippen LogP contribution in [0.5, 0.6) is 5.75 Å². The highest BCUT2D eigenvalue weighted by Crippen LogP contribution is 2.19. The summed E-state index contributed by atoms with van der Waals surface area (Å²) in [5.74, 6) is 0.174. The Morgan fingerprint density at radius 1 is 0.742 bits per heavy atom. The Bertz CT molecular complexity index is 1220. The SMILES string of the molecule is CS(=O)(=O)Oc1ccc(CN(Cc2ccccc2)S(=O)(=O)C=Cc2ccccc2)cc1. The Labute approximate surface area is 183 Å². The van der Waals surface area contributed by atoms with Crippen molar-refractivity contribution in [2.75, 3.05) is 6.26 Å². The van der Waals surface area contributed by atoms with Gasteiger partial charge in [0.15, 0.2) is 0 Å². The van der Waals surface area contributed by atoms with Crippen molar-refractivity contribution < 1.29 is 21.0 Å². The molecule has 8 heteroatoms. The third-order valence-corrected chi connectivity index (χ3v) is 6.28. The van der Waals surface area contributed by atoms with Crippen LogP contribution in [0.4, 0.5) is 0 Å². The van der Waals surface area contributed by atoms with Crippen LogP contribution in [0, 0.1) is 0 Å². The summed E-state index contributed by atoms with van der Waals surface area (Å²) in [7, 11) is -7.36. The highest BCUT2D eigenvalue weighted by molar-refractivity contribution is 7.92. The Kier molecular flexibility index (Phi) is 7.27. The van der Waals surface area contributed by atoms with Crippen molar-refractivity contribution >= 4 is 26.2 Å². The fraction of sp³-hybridized carbons (Fsp3) is 0.130. The third kappa shape index (κ3) is 7.36. The summed E-state index contributed by atoms with van der Waals surface area (Å²) < 4.78 is 55.0. The Morgan fingerprint density at radius 2 is 1.26 bits per heavy atom. The quantitative estimate of drug-likeness (QED) is 0.453. The van der Waals surface area contributed by atoms with Gasteiger partial charge in [0.05, 0.1) is 6.26 Å². The molecular formula is C23H23NO5S2. The fourth-order valence-electron chi connectivity index (χ4n) is 2.87. The summed E-state index contributed by atoms with van der Waals surface area (Å²) in [4.78, 5) is 0. The van der Waals surface area contributed by atoms with Crippen molar-refractivity contribution in [3.63, 3.8) is 0 Å². The zero-order valence-electron chi connectivity index (χ0n) is 17.0. The van der Waals surface area contributed by atoms with E-state index in [4.69, 9.17) is 4.18 Å². The molecule has 0 saturated carbocycles. The summed E-state index contributed by atoms with van der Waals surface area (Å²) in [5, 5.41) is 1.20. The maximum Gasteiger partial charge on any atom is 0.306 e. The minimum absolute atomic E-state index is 0.121. The molecular weight excluding hydrogens is 434 g/mol. The van der Waals surface area contributed by atoms with E-state index in [9.17, 15) is 16.8 Å². The van der Waals surface area contributed by atoms with Gasteiger partial charge in [0.25, 0.3) is 0 Å². The lowest BCUT2D eigenvalue weighted by molar-refractivity contribution is 0.407. The van der Waals surface area contributed by atoms with Crippen LogP contribution in [0.1, 0.15) is 16.7 Å². The molecule has 3 rings (SSSR count). The lowest BCUT2D eigenvalue weighted by Gasteiger charge is -2.21. The summed E-state index contributed by atoms with van der Waals surface area (Å²) in [6, 6.07) is 24.8. The van der Waals surface area contributed by atoms with Gasteiger partial charge in [-0.05, 0) is 34.9 Å². The molecule has 0 spiro atoms. The Morgan fingerprint density at radius 3 is 1.81 bits per heavy atom. The summed E-state index contributed by atoms with van der Waals surface area (Å²) in [5.41, 5.74) is 2.35. The lowest BCUT2D eigenvalue weighted by Crippen LogP contribution is -2.28. The van der Waals surface area contributed by atoms with Crippen LogP contribution in [0.3, 0.4) is 0 Å². The average molecular weight is 458 g/mol. The molecule has 6 nitrogen and oxygen atoms in total. The summed E-state index contributed by atoms with van der Waals surface area (Å²) in [6.45, 7) is 0.319. The molecule has 0 bridgehead atoms. The molecule has 31 heavy (non-hydrogen) atoms. The van der Waals surface area contributed by atoms with Gasteiger partial charge in [-0.2, -0.15) is 12.7 Å².